The maximum Gasteiger partial charge on any atom is 0.433 e. The van der Waals surface area contributed by atoms with Gasteiger partial charge in [-0.25, -0.2) is 13.2 Å². The Labute approximate surface area is 161 Å². The van der Waals surface area contributed by atoms with Crippen LogP contribution in [0, 0.1) is 5.82 Å². The zero-order chi connectivity index (χ0) is 21.4. The van der Waals surface area contributed by atoms with E-state index in [0.717, 1.165) is 13.1 Å². The van der Waals surface area contributed by atoms with Gasteiger partial charge in [0.2, 0.25) is 5.43 Å². The van der Waals surface area contributed by atoms with E-state index in [1.165, 1.54) is 0 Å². The SMILES string of the molecule is Cn1nc(-c2cc(SCC(F)(F)C(F)F)c(Cl)cc2F)c(=O)cc1C(F)(F)F. The summed E-state index contributed by atoms with van der Waals surface area (Å²) >= 11 is 5.88. The van der Waals surface area contributed by atoms with Crippen LogP contribution in [0.15, 0.2) is 27.9 Å². The van der Waals surface area contributed by atoms with Crippen molar-refractivity contribution in [2.24, 2.45) is 7.05 Å². The Morgan fingerprint density at radius 3 is 2.32 bits per heavy atom. The number of hydrogen-bond donors (Lipinski definition) is 0. The highest BCUT2D eigenvalue weighted by molar-refractivity contribution is 7.99. The molecular weight excluding hydrogens is 444 g/mol. The minimum absolute atomic E-state index is 0.172. The van der Waals surface area contributed by atoms with Gasteiger partial charge in [-0.3, -0.25) is 9.48 Å². The highest BCUT2D eigenvalue weighted by Crippen LogP contribution is 2.37. The van der Waals surface area contributed by atoms with Crippen molar-refractivity contribution in [3.63, 3.8) is 0 Å². The molecular formula is C15H9ClF8N2OS. The summed E-state index contributed by atoms with van der Waals surface area (Å²) < 4.78 is 104. The summed E-state index contributed by atoms with van der Waals surface area (Å²) in [5, 5.41) is 3.00. The number of aromatic nitrogens is 2. The van der Waals surface area contributed by atoms with Gasteiger partial charge in [0.15, 0.2) is 0 Å². The Hall–Kier alpha value is -1.82. The van der Waals surface area contributed by atoms with E-state index < -0.39 is 57.5 Å². The maximum atomic E-state index is 14.2. The zero-order valence-corrected chi connectivity index (χ0v) is 15.2. The van der Waals surface area contributed by atoms with Gasteiger partial charge in [0.1, 0.15) is 17.2 Å². The molecule has 0 aliphatic carbocycles. The van der Waals surface area contributed by atoms with Crippen LogP contribution in [-0.2, 0) is 13.2 Å². The fraction of sp³-hybridized carbons (Fsp3) is 0.333. The molecule has 1 aromatic carbocycles. The predicted octanol–water partition coefficient (Wildman–Crippen LogP) is 5.25. The summed E-state index contributed by atoms with van der Waals surface area (Å²) in [4.78, 5) is 11.7. The molecule has 0 unspecified atom stereocenters. The molecule has 28 heavy (non-hydrogen) atoms. The first-order valence-corrected chi connectivity index (χ1v) is 8.54. The minimum Gasteiger partial charge on any atom is -0.287 e. The summed E-state index contributed by atoms with van der Waals surface area (Å²) in [6.07, 6.45) is -8.83. The van der Waals surface area contributed by atoms with Gasteiger partial charge >= 0.3 is 18.5 Å². The molecule has 0 N–H and O–H groups in total. The highest BCUT2D eigenvalue weighted by atomic mass is 35.5. The van der Waals surface area contributed by atoms with Crippen LogP contribution in [0.3, 0.4) is 0 Å². The van der Waals surface area contributed by atoms with Crippen molar-refractivity contribution in [1.29, 1.82) is 0 Å². The number of thioether (sulfide) groups is 1. The molecule has 0 bridgehead atoms. The second kappa shape index (κ2) is 7.90. The predicted molar refractivity (Wildman–Crippen MR) is 86.6 cm³/mol. The van der Waals surface area contributed by atoms with Crippen molar-refractivity contribution in [2.45, 2.75) is 23.4 Å². The highest BCUT2D eigenvalue weighted by Gasteiger charge is 2.41. The lowest BCUT2D eigenvalue weighted by Gasteiger charge is -2.16. The number of hydrogen-bond acceptors (Lipinski definition) is 3. The largest absolute Gasteiger partial charge is 0.433 e. The van der Waals surface area contributed by atoms with Gasteiger partial charge in [0.25, 0.3) is 0 Å². The molecule has 0 atom stereocenters. The average Bonchev–Trinajstić information content (AvgIpc) is 2.55. The van der Waals surface area contributed by atoms with Crippen LogP contribution in [0.1, 0.15) is 5.69 Å². The van der Waals surface area contributed by atoms with Crippen molar-refractivity contribution in [1.82, 2.24) is 9.78 Å². The van der Waals surface area contributed by atoms with E-state index in [-0.39, 0.29) is 22.7 Å². The average molecular weight is 453 g/mol. The van der Waals surface area contributed by atoms with Gasteiger partial charge < -0.3 is 0 Å². The summed E-state index contributed by atoms with van der Waals surface area (Å²) in [5.74, 6) is -6.90. The molecule has 0 aliphatic heterocycles. The van der Waals surface area contributed by atoms with Gasteiger partial charge in [-0.2, -0.15) is 27.1 Å². The first-order valence-electron chi connectivity index (χ1n) is 7.17. The number of rotatable bonds is 5. The van der Waals surface area contributed by atoms with Crippen LogP contribution in [0.2, 0.25) is 5.02 Å². The molecule has 1 aromatic heterocycles. The Morgan fingerprint density at radius 2 is 1.79 bits per heavy atom. The smallest absolute Gasteiger partial charge is 0.287 e. The first-order chi connectivity index (χ1) is 12.7. The zero-order valence-electron chi connectivity index (χ0n) is 13.6. The quantitative estimate of drug-likeness (QED) is 0.459. The van der Waals surface area contributed by atoms with E-state index in [4.69, 9.17) is 11.6 Å². The molecule has 2 rings (SSSR count). The lowest BCUT2D eigenvalue weighted by molar-refractivity contribution is -0.144. The molecule has 0 spiro atoms. The lowest BCUT2D eigenvalue weighted by atomic mass is 10.1. The second-order valence-electron chi connectivity index (χ2n) is 5.48. The second-order valence-corrected chi connectivity index (χ2v) is 6.90. The van der Waals surface area contributed by atoms with Crippen LogP contribution >= 0.6 is 23.4 Å². The molecule has 0 amide bonds. The summed E-state index contributed by atoms with van der Waals surface area (Å²) in [7, 11) is 0.873. The molecule has 0 saturated heterocycles. The third kappa shape index (κ3) is 4.77. The third-order valence-electron chi connectivity index (χ3n) is 3.41. The fourth-order valence-corrected chi connectivity index (χ4v) is 3.24. The van der Waals surface area contributed by atoms with Gasteiger partial charge in [-0.15, -0.1) is 11.8 Å². The standard InChI is InChI=1S/C15H9ClF8N2OS/c1-26-11(15(22,23)24)4-9(27)12(25-26)6-2-10(7(16)3-8(6)17)28-5-14(20,21)13(18)19/h2-4,13H,5H2,1H3. The van der Waals surface area contributed by atoms with Gasteiger partial charge in [-0.1, -0.05) is 11.6 Å². The minimum atomic E-state index is -4.89. The first kappa shape index (κ1) is 22.5. The molecule has 154 valence electrons. The Morgan fingerprint density at radius 1 is 1.18 bits per heavy atom. The van der Waals surface area contributed by atoms with Crippen LogP contribution in [0.4, 0.5) is 35.1 Å². The number of halogens is 9. The van der Waals surface area contributed by atoms with Crippen LogP contribution in [0.25, 0.3) is 11.3 Å². The van der Waals surface area contributed by atoms with E-state index >= 15 is 0 Å². The number of benzene rings is 1. The van der Waals surface area contributed by atoms with Crippen LogP contribution in [-0.4, -0.2) is 27.9 Å². The van der Waals surface area contributed by atoms with Gasteiger partial charge in [0.05, 0.1) is 10.8 Å². The lowest BCUT2D eigenvalue weighted by Crippen LogP contribution is -2.29. The monoisotopic (exact) mass is 452 g/mol. The summed E-state index contributed by atoms with van der Waals surface area (Å²) in [6, 6.07) is 1.62. The fourth-order valence-electron chi connectivity index (χ4n) is 2.05. The molecule has 0 saturated carbocycles. The van der Waals surface area contributed by atoms with Gasteiger partial charge in [-0.05, 0) is 12.1 Å². The molecule has 0 radical (unpaired) electrons. The number of alkyl halides is 7. The molecule has 2 aromatic rings. The van der Waals surface area contributed by atoms with E-state index in [9.17, 15) is 39.9 Å². The van der Waals surface area contributed by atoms with Crippen molar-refractivity contribution < 1.29 is 35.1 Å². The Bertz CT molecular complexity index is 945. The normalized spacial score (nSPS) is 12.7. The maximum absolute atomic E-state index is 14.2. The van der Waals surface area contributed by atoms with Crippen LogP contribution < -0.4 is 5.43 Å². The third-order valence-corrected chi connectivity index (χ3v) is 5.01. The van der Waals surface area contributed by atoms with Crippen LogP contribution in [0.5, 0.6) is 0 Å². The van der Waals surface area contributed by atoms with E-state index in [1.807, 2.05) is 0 Å². The molecule has 0 aliphatic rings. The van der Waals surface area contributed by atoms with E-state index in [0.29, 0.717) is 10.7 Å². The molecule has 3 nitrogen and oxygen atoms in total. The summed E-state index contributed by atoms with van der Waals surface area (Å²) in [6.45, 7) is 0. The Balaban J connectivity index is 2.50. The van der Waals surface area contributed by atoms with Crippen molar-refractivity contribution in [2.75, 3.05) is 5.75 Å². The van der Waals surface area contributed by atoms with E-state index in [2.05, 4.69) is 5.10 Å². The molecule has 1 heterocycles. The van der Waals surface area contributed by atoms with Crippen molar-refractivity contribution in [3.05, 3.63) is 45.0 Å². The Kier molecular flexibility index (Phi) is 6.34. The van der Waals surface area contributed by atoms with Crippen molar-refractivity contribution >= 4 is 23.4 Å². The van der Waals surface area contributed by atoms with Gasteiger partial charge in [0, 0.05) is 23.6 Å². The summed E-state index contributed by atoms with van der Waals surface area (Å²) in [5.41, 5.74) is -4.00. The number of nitrogens with zero attached hydrogens (tertiary/aromatic N) is 2. The van der Waals surface area contributed by atoms with Crippen molar-refractivity contribution in [3.8, 4) is 11.3 Å². The van der Waals surface area contributed by atoms with E-state index in [1.54, 1.807) is 0 Å². The topological polar surface area (TPSA) is 34.9 Å². The number of aryl methyl sites for hydroxylation is 1. The molecule has 0 fully saturated rings. The molecule has 13 heteroatoms.